The highest BCUT2D eigenvalue weighted by Gasteiger charge is 2.25. The number of aromatic nitrogens is 1. The molecule has 0 amide bonds. The smallest absolute Gasteiger partial charge is 0.335 e. The fourth-order valence-electron chi connectivity index (χ4n) is 5.56. The van der Waals surface area contributed by atoms with Gasteiger partial charge in [-0.1, -0.05) is 18.2 Å². The lowest BCUT2D eigenvalue weighted by molar-refractivity contribution is -0.0591. The number of aromatic carboxylic acids is 1. The predicted molar refractivity (Wildman–Crippen MR) is 154 cm³/mol. The molecule has 2 aliphatic heterocycles. The molecule has 9 heteroatoms. The highest BCUT2D eigenvalue weighted by atomic mass is 19.1. The SMILES string of the molecule is N#Cc1ccc(COc2cccc(OC3CCN(Cc4cc5ccc(C(=O)O)cc5n4C[C@@H]4CCO4)CC3)c2)c(F)c1. The quantitative estimate of drug-likeness (QED) is 0.259. The summed E-state index contributed by atoms with van der Waals surface area (Å²) in [6.45, 7) is 4.07. The van der Waals surface area contributed by atoms with E-state index in [-0.39, 0.29) is 29.9 Å². The summed E-state index contributed by atoms with van der Waals surface area (Å²) in [5.74, 6) is -0.0930. The van der Waals surface area contributed by atoms with Crippen molar-refractivity contribution in [2.24, 2.45) is 0 Å². The number of benzene rings is 3. The molecule has 0 saturated carbocycles. The topological polar surface area (TPSA) is 97.0 Å². The molecular formula is C33H32FN3O5. The van der Waals surface area contributed by atoms with Crippen LogP contribution in [-0.4, -0.2) is 52.4 Å². The molecule has 42 heavy (non-hydrogen) atoms. The zero-order valence-electron chi connectivity index (χ0n) is 23.2. The average Bonchev–Trinajstić information content (AvgIpc) is 3.31. The first-order valence-electron chi connectivity index (χ1n) is 14.2. The van der Waals surface area contributed by atoms with E-state index < -0.39 is 11.8 Å². The van der Waals surface area contributed by atoms with Crippen LogP contribution in [0.1, 0.15) is 46.4 Å². The van der Waals surface area contributed by atoms with E-state index in [1.54, 1.807) is 24.3 Å². The number of rotatable bonds is 10. The number of carboxylic acids is 1. The molecule has 3 aromatic carbocycles. The molecule has 1 aromatic heterocycles. The molecule has 2 saturated heterocycles. The molecule has 2 fully saturated rings. The number of likely N-dealkylation sites (tertiary alicyclic amines) is 1. The molecule has 1 atom stereocenters. The third-order valence-corrected chi connectivity index (χ3v) is 8.02. The van der Waals surface area contributed by atoms with Crippen LogP contribution in [0.5, 0.6) is 11.5 Å². The van der Waals surface area contributed by atoms with Gasteiger partial charge in [-0.15, -0.1) is 0 Å². The van der Waals surface area contributed by atoms with Crippen molar-refractivity contribution in [1.82, 2.24) is 9.47 Å². The molecule has 2 aliphatic rings. The summed E-state index contributed by atoms with van der Waals surface area (Å²) in [5.41, 5.74) is 3.04. The third-order valence-electron chi connectivity index (χ3n) is 8.02. The Morgan fingerprint density at radius 2 is 1.86 bits per heavy atom. The van der Waals surface area contributed by atoms with Crippen LogP contribution in [-0.2, 0) is 24.4 Å². The number of piperidine rings is 1. The zero-order valence-corrected chi connectivity index (χ0v) is 23.2. The Labute approximate surface area is 243 Å². The van der Waals surface area contributed by atoms with Crippen LogP contribution < -0.4 is 9.47 Å². The zero-order chi connectivity index (χ0) is 29.1. The summed E-state index contributed by atoms with van der Waals surface area (Å²) in [4.78, 5) is 14.0. The number of carboxylic acid groups (broad SMARTS) is 1. The molecule has 0 aliphatic carbocycles. The summed E-state index contributed by atoms with van der Waals surface area (Å²) in [6, 6.07) is 21.1. The monoisotopic (exact) mass is 569 g/mol. The van der Waals surface area contributed by atoms with Crippen LogP contribution in [0.25, 0.3) is 10.9 Å². The van der Waals surface area contributed by atoms with E-state index in [0.717, 1.165) is 68.6 Å². The second kappa shape index (κ2) is 12.2. The summed E-state index contributed by atoms with van der Waals surface area (Å²) in [6.07, 6.45) is 2.99. The van der Waals surface area contributed by atoms with Gasteiger partial charge in [-0.25, -0.2) is 9.18 Å². The van der Waals surface area contributed by atoms with Gasteiger partial charge < -0.3 is 23.9 Å². The van der Waals surface area contributed by atoms with Crippen molar-refractivity contribution >= 4 is 16.9 Å². The molecule has 0 bridgehead atoms. The molecule has 0 spiro atoms. The van der Waals surface area contributed by atoms with Crippen molar-refractivity contribution < 1.29 is 28.5 Å². The maximum Gasteiger partial charge on any atom is 0.335 e. The van der Waals surface area contributed by atoms with Gasteiger partial charge in [0, 0.05) is 55.6 Å². The Morgan fingerprint density at radius 1 is 1.05 bits per heavy atom. The Kier molecular flexibility index (Phi) is 8.08. The maximum atomic E-state index is 14.2. The van der Waals surface area contributed by atoms with E-state index in [4.69, 9.17) is 19.5 Å². The van der Waals surface area contributed by atoms with Gasteiger partial charge in [-0.2, -0.15) is 5.26 Å². The summed E-state index contributed by atoms with van der Waals surface area (Å²) >= 11 is 0. The molecule has 1 N–H and O–H groups in total. The van der Waals surface area contributed by atoms with Crippen LogP contribution in [0.15, 0.2) is 66.7 Å². The minimum Gasteiger partial charge on any atom is -0.490 e. The Balaban J connectivity index is 1.06. The number of fused-ring (bicyclic) bond motifs is 1. The highest BCUT2D eigenvalue weighted by Crippen LogP contribution is 2.28. The molecule has 0 radical (unpaired) electrons. The van der Waals surface area contributed by atoms with Crippen LogP contribution >= 0.6 is 0 Å². The number of carbonyl (C=O) groups is 1. The first-order valence-corrected chi connectivity index (χ1v) is 14.2. The fraction of sp³-hybridized carbons (Fsp3) is 0.333. The number of hydrogen-bond acceptors (Lipinski definition) is 6. The standard InChI is InChI=1S/C33H32FN3O5/c34-31-14-22(18-35)4-5-25(31)21-41-28-2-1-3-29(17-28)42-27-8-11-36(12-9-27)19-26-15-23-6-7-24(33(38)39)16-32(23)37(26)20-30-10-13-40-30/h1-7,14-17,27,30H,8-13,19-21H2,(H,38,39)/t30-/m0/s1. The van der Waals surface area contributed by atoms with Crippen LogP contribution in [0.4, 0.5) is 4.39 Å². The molecule has 6 rings (SSSR count). The lowest BCUT2D eigenvalue weighted by Crippen LogP contribution is -2.38. The molecule has 8 nitrogen and oxygen atoms in total. The van der Waals surface area contributed by atoms with Gasteiger partial charge >= 0.3 is 5.97 Å². The summed E-state index contributed by atoms with van der Waals surface area (Å²) in [5, 5.41) is 19.5. The van der Waals surface area contributed by atoms with Gasteiger partial charge in [0.1, 0.15) is 30.0 Å². The molecule has 0 unspecified atom stereocenters. The van der Waals surface area contributed by atoms with Gasteiger partial charge in [0.25, 0.3) is 0 Å². The molecule has 3 heterocycles. The second-order valence-electron chi connectivity index (χ2n) is 10.9. The summed E-state index contributed by atoms with van der Waals surface area (Å²) < 4.78 is 34.2. The molecular weight excluding hydrogens is 537 g/mol. The number of nitriles is 1. The van der Waals surface area contributed by atoms with Gasteiger partial charge in [0.2, 0.25) is 0 Å². The Bertz CT molecular complexity index is 1630. The third kappa shape index (κ3) is 6.25. The van der Waals surface area contributed by atoms with E-state index in [9.17, 15) is 14.3 Å². The number of ether oxygens (including phenoxy) is 3. The number of hydrogen-bond donors (Lipinski definition) is 1. The predicted octanol–water partition coefficient (Wildman–Crippen LogP) is 5.76. The van der Waals surface area contributed by atoms with Crippen molar-refractivity contribution in [3.63, 3.8) is 0 Å². The normalized spacial score (nSPS) is 17.5. The first kappa shape index (κ1) is 27.8. The van der Waals surface area contributed by atoms with Gasteiger partial charge in [0.05, 0.1) is 23.3 Å². The van der Waals surface area contributed by atoms with Gasteiger partial charge in [-0.3, -0.25) is 4.90 Å². The Morgan fingerprint density at radius 3 is 2.57 bits per heavy atom. The van der Waals surface area contributed by atoms with Crippen LogP contribution in [0, 0.1) is 17.1 Å². The largest absolute Gasteiger partial charge is 0.490 e. The lowest BCUT2D eigenvalue weighted by atomic mass is 10.1. The van der Waals surface area contributed by atoms with Crippen molar-refractivity contribution in [1.29, 1.82) is 5.26 Å². The van der Waals surface area contributed by atoms with Gasteiger partial charge in [-0.05, 0) is 67.1 Å². The first-order chi connectivity index (χ1) is 20.4. The van der Waals surface area contributed by atoms with E-state index in [1.165, 1.54) is 6.07 Å². The number of nitrogens with zero attached hydrogens (tertiary/aromatic N) is 3. The van der Waals surface area contributed by atoms with Crippen molar-refractivity contribution in [3.05, 3.63) is 94.9 Å². The van der Waals surface area contributed by atoms with Crippen LogP contribution in [0.2, 0.25) is 0 Å². The maximum absolute atomic E-state index is 14.2. The number of halogens is 1. The minimum absolute atomic E-state index is 0.0562. The lowest BCUT2D eigenvalue weighted by Gasteiger charge is -2.33. The molecule has 216 valence electrons. The average molecular weight is 570 g/mol. The summed E-state index contributed by atoms with van der Waals surface area (Å²) in [7, 11) is 0. The van der Waals surface area contributed by atoms with E-state index in [0.29, 0.717) is 17.1 Å². The van der Waals surface area contributed by atoms with Crippen molar-refractivity contribution in [3.8, 4) is 17.6 Å². The second-order valence-corrected chi connectivity index (χ2v) is 10.9. The van der Waals surface area contributed by atoms with Crippen molar-refractivity contribution in [2.75, 3.05) is 19.7 Å². The van der Waals surface area contributed by atoms with E-state index in [1.807, 2.05) is 36.4 Å². The Hall–Kier alpha value is -4.39. The van der Waals surface area contributed by atoms with Gasteiger partial charge in [0.15, 0.2) is 0 Å². The highest BCUT2D eigenvalue weighted by molar-refractivity contribution is 5.93. The van der Waals surface area contributed by atoms with Crippen LogP contribution in [0.3, 0.4) is 0 Å². The van der Waals surface area contributed by atoms with E-state index in [2.05, 4.69) is 15.5 Å². The fourth-order valence-corrected chi connectivity index (χ4v) is 5.56. The molecule has 4 aromatic rings. The van der Waals surface area contributed by atoms with Crippen molar-refractivity contribution in [2.45, 2.75) is 51.2 Å². The van der Waals surface area contributed by atoms with E-state index >= 15 is 0 Å². The minimum atomic E-state index is -0.925.